The summed E-state index contributed by atoms with van der Waals surface area (Å²) >= 11 is 6.06. The van der Waals surface area contributed by atoms with Crippen LogP contribution in [0.3, 0.4) is 0 Å². The molecule has 0 aliphatic carbocycles. The number of methoxy groups -OCH3 is 1. The van der Waals surface area contributed by atoms with Crippen molar-refractivity contribution in [3.8, 4) is 11.5 Å². The zero-order chi connectivity index (χ0) is 17.0. The first-order chi connectivity index (χ1) is 10.9. The number of ether oxygens (including phenoxy) is 2. The predicted molar refractivity (Wildman–Crippen MR) is 91.2 cm³/mol. The molecule has 0 radical (unpaired) electrons. The molecule has 0 aliphatic rings. The van der Waals surface area contributed by atoms with Gasteiger partial charge in [-0.25, -0.2) is 8.42 Å². The highest BCUT2D eigenvalue weighted by molar-refractivity contribution is 7.92. The van der Waals surface area contributed by atoms with Gasteiger partial charge in [0.05, 0.1) is 19.4 Å². The van der Waals surface area contributed by atoms with Crippen LogP contribution in [0.15, 0.2) is 41.3 Å². The predicted octanol–water partition coefficient (Wildman–Crippen LogP) is 3.86. The Bertz CT molecular complexity index is 806. The lowest BCUT2D eigenvalue weighted by molar-refractivity contribution is 0.342. The molecule has 0 saturated carbocycles. The van der Waals surface area contributed by atoms with Crippen molar-refractivity contribution in [2.45, 2.75) is 18.7 Å². The summed E-state index contributed by atoms with van der Waals surface area (Å²) in [7, 11) is -2.46. The highest BCUT2D eigenvalue weighted by Crippen LogP contribution is 2.33. The Kier molecular flexibility index (Phi) is 5.38. The van der Waals surface area contributed by atoms with Gasteiger partial charge in [-0.15, -0.1) is 0 Å². The molecule has 0 atom stereocenters. The average molecular weight is 356 g/mol. The van der Waals surface area contributed by atoms with Gasteiger partial charge in [0, 0.05) is 5.02 Å². The molecule has 5 nitrogen and oxygen atoms in total. The van der Waals surface area contributed by atoms with E-state index in [1.807, 2.05) is 6.92 Å². The number of benzene rings is 2. The normalized spacial score (nSPS) is 11.1. The SMILES string of the molecule is CCOc1ccccc1NS(=O)(=O)c1cc(Cl)c(C)cc1OC. The van der Waals surface area contributed by atoms with Gasteiger partial charge in [-0.1, -0.05) is 23.7 Å². The van der Waals surface area contributed by atoms with Gasteiger partial charge >= 0.3 is 0 Å². The first-order valence-electron chi connectivity index (χ1n) is 6.97. The van der Waals surface area contributed by atoms with Gasteiger partial charge in [-0.3, -0.25) is 4.72 Å². The monoisotopic (exact) mass is 355 g/mol. The van der Waals surface area contributed by atoms with Gasteiger partial charge < -0.3 is 9.47 Å². The summed E-state index contributed by atoms with van der Waals surface area (Å²) in [6.07, 6.45) is 0. The summed E-state index contributed by atoms with van der Waals surface area (Å²) in [6, 6.07) is 9.78. The lowest BCUT2D eigenvalue weighted by Crippen LogP contribution is -2.15. The van der Waals surface area contributed by atoms with Crippen LogP contribution in [0.2, 0.25) is 5.02 Å². The minimum Gasteiger partial charge on any atom is -0.495 e. The van der Waals surface area contributed by atoms with Crippen LogP contribution in [-0.4, -0.2) is 22.1 Å². The van der Waals surface area contributed by atoms with E-state index in [-0.39, 0.29) is 10.6 Å². The molecule has 0 bridgehead atoms. The fourth-order valence-electron chi connectivity index (χ4n) is 2.04. The van der Waals surface area contributed by atoms with Crippen molar-refractivity contribution >= 4 is 27.3 Å². The first kappa shape index (κ1) is 17.4. The molecule has 0 aliphatic heterocycles. The van der Waals surface area contributed by atoms with E-state index in [2.05, 4.69) is 4.72 Å². The van der Waals surface area contributed by atoms with E-state index in [0.29, 0.717) is 23.1 Å². The largest absolute Gasteiger partial charge is 0.495 e. The highest BCUT2D eigenvalue weighted by Gasteiger charge is 2.22. The molecule has 124 valence electrons. The number of sulfonamides is 1. The van der Waals surface area contributed by atoms with Crippen LogP contribution in [0.1, 0.15) is 12.5 Å². The fourth-order valence-corrected chi connectivity index (χ4v) is 3.51. The number of rotatable bonds is 6. The Morgan fingerprint density at radius 2 is 1.87 bits per heavy atom. The van der Waals surface area contributed by atoms with Gasteiger partial charge in [0.2, 0.25) is 0 Å². The molecule has 0 saturated heterocycles. The second kappa shape index (κ2) is 7.10. The van der Waals surface area contributed by atoms with Crippen molar-refractivity contribution in [1.82, 2.24) is 0 Å². The third kappa shape index (κ3) is 3.89. The van der Waals surface area contributed by atoms with Crippen molar-refractivity contribution in [1.29, 1.82) is 0 Å². The van der Waals surface area contributed by atoms with Gasteiger partial charge in [-0.2, -0.15) is 0 Å². The zero-order valence-corrected chi connectivity index (χ0v) is 14.7. The molecule has 0 fully saturated rings. The maximum Gasteiger partial charge on any atom is 0.265 e. The van der Waals surface area contributed by atoms with Gasteiger partial charge in [-0.05, 0) is 43.7 Å². The summed E-state index contributed by atoms with van der Waals surface area (Å²) in [5, 5.41) is 0.351. The average Bonchev–Trinajstić information content (AvgIpc) is 2.51. The number of hydrogen-bond acceptors (Lipinski definition) is 4. The molecule has 0 amide bonds. The Hall–Kier alpha value is -1.92. The molecular formula is C16H18ClNO4S. The van der Waals surface area contributed by atoms with E-state index in [4.69, 9.17) is 21.1 Å². The maximum atomic E-state index is 12.7. The number of aryl methyl sites for hydroxylation is 1. The summed E-state index contributed by atoms with van der Waals surface area (Å²) in [4.78, 5) is -0.0260. The maximum absolute atomic E-state index is 12.7. The standard InChI is InChI=1S/C16H18ClNO4S/c1-4-22-14-8-6-5-7-13(14)18-23(19,20)16-10-12(17)11(2)9-15(16)21-3/h5-10,18H,4H2,1-3H3. The van der Waals surface area contributed by atoms with Crippen LogP contribution >= 0.6 is 11.6 Å². The molecule has 0 spiro atoms. The van der Waals surface area contributed by atoms with Crippen molar-refractivity contribution in [3.63, 3.8) is 0 Å². The Morgan fingerprint density at radius 1 is 1.17 bits per heavy atom. The van der Waals surface area contributed by atoms with Crippen LogP contribution in [0.25, 0.3) is 0 Å². The third-order valence-electron chi connectivity index (χ3n) is 3.17. The molecule has 2 rings (SSSR count). The summed E-state index contributed by atoms with van der Waals surface area (Å²) in [5.74, 6) is 0.684. The Balaban J connectivity index is 2.46. The van der Waals surface area contributed by atoms with Gasteiger partial charge in [0.1, 0.15) is 16.4 Å². The minimum atomic E-state index is -3.88. The third-order valence-corrected chi connectivity index (χ3v) is 4.96. The highest BCUT2D eigenvalue weighted by atomic mass is 35.5. The lowest BCUT2D eigenvalue weighted by atomic mass is 10.2. The van der Waals surface area contributed by atoms with Crippen LogP contribution in [0.4, 0.5) is 5.69 Å². The molecule has 2 aromatic carbocycles. The number of halogens is 1. The molecule has 0 heterocycles. The molecule has 23 heavy (non-hydrogen) atoms. The van der Waals surface area contributed by atoms with Crippen LogP contribution in [0.5, 0.6) is 11.5 Å². The molecular weight excluding hydrogens is 338 g/mol. The smallest absolute Gasteiger partial charge is 0.265 e. The molecule has 7 heteroatoms. The van der Waals surface area contributed by atoms with Crippen molar-refractivity contribution in [3.05, 3.63) is 47.0 Å². The Labute approximate surface area is 141 Å². The van der Waals surface area contributed by atoms with Crippen LogP contribution in [-0.2, 0) is 10.0 Å². The van der Waals surface area contributed by atoms with Crippen LogP contribution in [0, 0.1) is 6.92 Å². The molecule has 2 aromatic rings. The summed E-state index contributed by atoms with van der Waals surface area (Å²) < 4.78 is 38.5. The van der Waals surface area contributed by atoms with E-state index >= 15 is 0 Å². The molecule has 0 aromatic heterocycles. The molecule has 1 N–H and O–H groups in total. The molecule has 0 unspecified atom stereocenters. The number of anilines is 1. The second-order valence-corrected chi connectivity index (χ2v) is 6.84. The topological polar surface area (TPSA) is 64.6 Å². The number of hydrogen-bond donors (Lipinski definition) is 1. The first-order valence-corrected chi connectivity index (χ1v) is 8.84. The van der Waals surface area contributed by atoms with E-state index < -0.39 is 10.0 Å². The summed E-state index contributed by atoms with van der Waals surface area (Å²) in [5.41, 5.74) is 1.09. The van der Waals surface area contributed by atoms with E-state index in [1.165, 1.54) is 13.2 Å². The lowest BCUT2D eigenvalue weighted by Gasteiger charge is -2.15. The van der Waals surface area contributed by atoms with Crippen LogP contribution < -0.4 is 14.2 Å². The number of nitrogens with one attached hydrogen (secondary N) is 1. The van der Waals surface area contributed by atoms with E-state index in [1.54, 1.807) is 37.3 Å². The van der Waals surface area contributed by atoms with E-state index in [9.17, 15) is 8.42 Å². The van der Waals surface area contributed by atoms with Crippen molar-refractivity contribution in [2.75, 3.05) is 18.4 Å². The van der Waals surface area contributed by atoms with Crippen molar-refractivity contribution in [2.24, 2.45) is 0 Å². The van der Waals surface area contributed by atoms with Gasteiger partial charge in [0.25, 0.3) is 10.0 Å². The second-order valence-electron chi connectivity index (χ2n) is 4.79. The minimum absolute atomic E-state index is 0.0260. The van der Waals surface area contributed by atoms with E-state index in [0.717, 1.165) is 5.56 Å². The van der Waals surface area contributed by atoms with Gasteiger partial charge in [0.15, 0.2) is 0 Å². The van der Waals surface area contributed by atoms with Crippen molar-refractivity contribution < 1.29 is 17.9 Å². The number of para-hydroxylation sites is 2. The summed E-state index contributed by atoms with van der Waals surface area (Å²) in [6.45, 7) is 4.03. The fraction of sp³-hybridized carbons (Fsp3) is 0.250. The quantitative estimate of drug-likeness (QED) is 0.854. The Morgan fingerprint density at radius 3 is 2.52 bits per heavy atom. The zero-order valence-electron chi connectivity index (χ0n) is 13.1.